The number of piperazine rings is 1. The molecule has 0 aliphatic carbocycles. The van der Waals surface area contributed by atoms with Gasteiger partial charge in [-0.2, -0.15) is 0 Å². The Kier molecular flexibility index (Phi) is 5.04. The van der Waals surface area contributed by atoms with E-state index in [1.165, 1.54) is 0 Å². The summed E-state index contributed by atoms with van der Waals surface area (Å²) in [6, 6.07) is 2.93. The average Bonchev–Trinajstić information content (AvgIpc) is 2.27. The Balaban J connectivity index is 0.00000162. The Morgan fingerprint density at radius 2 is 1.94 bits per heavy atom. The molecule has 1 N–H and O–H groups in total. The van der Waals surface area contributed by atoms with Crippen molar-refractivity contribution in [1.82, 2.24) is 10.2 Å². The lowest BCUT2D eigenvalue weighted by Crippen LogP contribution is -2.52. The van der Waals surface area contributed by atoms with Crippen molar-refractivity contribution in [1.29, 1.82) is 0 Å². The maximum Gasteiger partial charge on any atom is 0.254 e. The van der Waals surface area contributed by atoms with Crippen molar-refractivity contribution in [3.05, 3.63) is 35.4 Å². The second-order valence-corrected chi connectivity index (χ2v) is 4.21. The van der Waals surface area contributed by atoms with E-state index in [1.807, 2.05) is 6.92 Å². The van der Waals surface area contributed by atoms with Crippen LogP contribution < -0.4 is 5.32 Å². The van der Waals surface area contributed by atoms with Gasteiger partial charge in [0.1, 0.15) is 11.6 Å². The van der Waals surface area contributed by atoms with E-state index in [1.54, 1.807) is 4.90 Å². The SMILES string of the molecule is C[C@@H]1CNCCN1C(=O)c1cc(F)cc(F)c1.Cl. The van der Waals surface area contributed by atoms with E-state index in [4.69, 9.17) is 0 Å². The normalized spacial score (nSPS) is 19.3. The predicted molar refractivity (Wildman–Crippen MR) is 67.0 cm³/mol. The molecule has 1 atom stereocenters. The number of amides is 1. The van der Waals surface area contributed by atoms with Gasteiger partial charge in [-0.15, -0.1) is 12.4 Å². The summed E-state index contributed by atoms with van der Waals surface area (Å²) in [7, 11) is 0. The number of hydrogen-bond acceptors (Lipinski definition) is 2. The predicted octanol–water partition coefficient (Wildman–Crippen LogP) is 1.82. The number of benzene rings is 1. The number of nitrogens with zero attached hydrogens (tertiary/aromatic N) is 1. The molecule has 2 rings (SSSR count). The molecule has 1 aliphatic heterocycles. The van der Waals surface area contributed by atoms with Gasteiger partial charge in [0.15, 0.2) is 0 Å². The molecule has 3 nitrogen and oxygen atoms in total. The van der Waals surface area contributed by atoms with Crippen LogP contribution in [-0.2, 0) is 0 Å². The van der Waals surface area contributed by atoms with Gasteiger partial charge in [0, 0.05) is 37.3 Å². The summed E-state index contributed by atoms with van der Waals surface area (Å²) >= 11 is 0. The number of hydrogen-bond donors (Lipinski definition) is 1. The van der Waals surface area contributed by atoms with Crippen molar-refractivity contribution in [2.75, 3.05) is 19.6 Å². The van der Waals surface area contributed by atoms with Crippen LogP contribution in [0.4, 0.5) is 8.78 Å². The highest BCUT2D eigenvalue weighted by Gasteiger charge is 2.24. The van der Waals surface area contributed by atoms with Crippen LogP contribution >= 0.6 is 12.4 Å². The number of carbonyl (C=O) groups is 1. The minimum Gasteiger partial charge on any atom is -0.333 e. The molecule has 0 unspecified atom stereocenters. The molecule has 0 spiro atoms. The minimum absolute atomic E-state index is 0. The molecule has 6 heteroatoms. The van der Waals surface area contributed by atoms with E-state index in [0.29, 0.717) is 19.6 Å². The highest BCUT2D eigenvalue weighted by molar-refractivity contribution is 5.94. The molecule has 1 saturated heterocycles. The zero-order chi connectivity index (χ0) is 12.4. The van der Waals surface area contributed by atoms with Crippen LogP contribution in [0.1, 0.15) is 17.3 Å². The zero-order valence-electron chi connectivity index (χ0n) is 9.95. The van der Waals surface area contributed by atoms with Crippen LogP contribution in [0.2, 0.25) is 0 Å². The monoisotopic (exact) mass is 276 g/mol. The summed E-state index contributed by atoms with van der Waals surface area (Å²) in [6.07, 6.45) is 0. The molecule has 1 aromatic rings. The second kappa shape index (κ2) is 6.11. The third kappa shape index (κ3) is 3.17. The van der Waals surface area contributed by atoms with Crippen LogP contribution in [-0.4, -0.2) is 36.5 Å². The Hall–Kier alpha value is -1.20. The molecule has 1 aromatic carbocycles. The van der Waals surface area contributed by atoms with Gasteiger partial charge in [0.25, 0.3) is 5.91 Å². The van der Waals surface area contributed by atoms with Gasteiger partial charge in [-0.1, -0.05) is 0 Å². The first kappa shape index (κ1) is 14.9. The van der Waals surface area contributed by atoms with E-state index in [2.05, 4.69) is 5.32 Å². The van der Waals surface area contributed by atoms with Gasteiger partial charge < -0.3 is 10.2 Å². The standard InChI is InChI=1S/C12H14F2N2O.ClH/c1-8-7-15-2-3-16(8)12(17)9-4-10(13)6-11(14)5-9;/h4-6,8,15H,2-3,7H2,1H3;1H/t8-;/m1./s1. The molecule has 1 fully saturated rings. The van der Waals surface area contributed by atoms with E-state index < -0.39 is 11.6 Å². The molecule has 0 aromatic heterocycles. The van der Waals surface area contributed by atoms with Crippen LogP contribution in [0, 0.1) is 11.6 Å². The summed E-state index contributed by atoms with van der Waals surface area (Å²) < 4.78 is 26.1. The first-order valence-electron chi connectivity index (χ1n) is 5.55. The maximum absolute atomic E-state index is 13.0. The van der Waals surface area contributed by atoms with E-state index in [0.717, 1.165) is 18.2 Å². The number of nitrogens with one attached hydrogen (secondary N) is 1. The average molecular weight is 277 g/mol. The molecule has 18 heavy (non-hydrogen) atoms. The second-order valence-electron chi connectivity index (χ2n) is 4.21. The largest absolute Gasteiger partial charge is 0.333 e. The van der Waals surface area contributed by atoms with E-state index >= 15 is 0 Å². The molecule has 1 aliphatic rings. The first-order chi connectivity index (χ1) is 8.08. The van der Waals surface area contributed by atoms with Crippen LogP contribution in [0.15, 0.2) is 18.2 Å². The summed E-state index contributed by atoms with van der Waals surface area (Å²) in [6.45, 7) is 3.86. The highest BCUT2D eigenvalue weighted by Crippen LogP contribution is 2.13. The molecule has 0 radical (unpaired) electrons. The topological polar surface area (TPSA) is 32.3 Å². The molecule has 0 bridgehead atoms. The summed E-state index contributed by atoms with van der Waals surface area (Å²) in [5, 5.41) is 3.15. The first-order valence-corrected chi connectivity index (χ1v) is 5.55. The zero-order valence-corrected chi connectivity index (χ0v) is 10.8. The van der Waals surface area contributed by atoms with Gasteiger partial charge >= 0.3 is 0 Å². The fourth-order valence-corrected chi connectivity index (χ4v) is 1.99. The Morgan fingerprint density at radius 3 is 2.50 bits per heavy atom. The maximum atomic E-state index is 13.0. The fraction of sp³-hybridized carbons (Fsp3) is 0.417. The molecule has 1 heterocycles. The van der Waals surface area contributed by atoms with Crippen molar-refractivity contribution < 1.29 is 13.6 Å². The summed E-state index contributed by atoms with van der Waals surface area (Å²) in [5.74, 6) is -1.77. The lowest BCUT2D eigenvalue weighted by atomic mass is 10.1. The lowest BCUT2D eigenvalue weighted by molar-refractivity contribution is 0.0654. The van der Waals surface area contributed by atoms with Crippen LogP contribution in [0.25, 0.3) is 0 Å². The van der Waals surface area contributed by atoms with Crippen molar-refractivity contribution >= 4 is 18.3 Å². The number of carbonyl (C=O) groups excluding carboxylic acids is 1. The Bertz CT molecular complexity index is 422. The van der Waals surface area contributed by atoms with Gasteiger partial charge in [-0.05, 0) is 19.1 Å². The minimum atomic E-state index is -0.726. The van der Waals surface area contributed by atoms with Crippen molar-refractivity contribution in [2.24, 2.45) is 0 Å². The van der Waals surface area contributed by atoms with Gasteiger partial charge in [0.05, 0.1) is 0 Å². The smallest absolute Gasteiger partial charge is 0.254 e. The summed E-state index contributed by atoms with van der Waals surface area (Å²) in [5.41, 5.74) is 0.0660. The van der Waals surface area contributed by atoms with Gasteiger partial charge in [-0.3, -0.25) is 4.79 Å². The number of halogens is 3. The molecule has 100 valence electrons. The molecule has 0 saturated carbocycles. The Labute approximate surface area is 111 Å². The van der Waals surface area contributed by atoms with Crippen molar-refractivity contribution in [3.63, 3.8) is 0 Å². The number of rotatable bonds is 1. The van der Waals surface area contributed by atoms with Gasteiger partial charge in [0.2, 0.25) is 0 Å². The van der Waals surface area contributed by atoms with Crippen LogP contribution in [0.3, 0.4) is 0 Å². The summed E-state index contributed by atoms with van der Waals surface area (Å²) in [4.78, 5) is 13.7. The van der Waals surface area contributed by atoms with E-state index in [-0.39, 0.29) is 29.9 Å². The van der Waals surface area contributed by atoms with E-state index in [9.17, 15) is 13.6 Å². The third-order valence-electron chi connectivity index (χ3n) is 2.87. The molecular weight excluding hydrogens is 262 g/mol. The fourth-order valence-electron chi connectivity index (χ4n) is 1.99. The van der Waals surface area contributed by atoms with Crippen LogP contribution in [0.5, 0.6) is 0 Å². The highest BCUT2D eigenvalue weighted by atomic mass is 35.5. The third-order valence-corrected chi connectivity index (χ3v) is 2.87. The van der Waals surface area contributed by atoms with Gasteiger partial charge in [-0.25, -0.2) is 8.78 Å². The van der Waals surface area contributed by atoms with Crippen molar-refractivity contribution in [2.45, 2.75) is 13.0 Å². The lowest BCUT2D eigenvalue weighted by Gasteiger charge is -2.34. The quantitative estimate of drug-likeness (QED) is 0.849. The Morgan fingerprint density at radius 1 is 1.33 bits per heavy atom. The molecular formula is C12H15ClF2N2O. The van der Waals surface area contributed by atoms with Crippen molar-refractivity contribution in [3.8, 4) is 0 Å². The molecule has 1 amide bonds.